The number of aliphatic hydroxyl groups is 2. The van der Waals surface area contributed by atoms with Gasteiger partial charge in [0.05, 0.1) is 25.8 Å². The third-order valence-electron chi connectivity index (χ3n) is 6.49. The molecule has 4 atom stereocenters. The number of nitrogens with one attached hydrogen (secondary N) is 4. The van der Waals surface area contributed by atoms with Crippen LogP contribution in [0.25, 0.3) is 0 Å². The number of rotatable bonds is 16. The minimum atomic E-state index is -1.45. The summed E-state index contributed by atoms with van der Waals surface area (Å²) >= 11 is 0. The number of aromatic hydroxyl groups is 1. The molecule has 0 aromatic heterocycles. The summed E-state index contributed by atoms with van der Waals surface area (Å²) in [5.74, 6) is -4.00. The number of hydrogen-bond donors (Lipinski definition) is 8. The second-order valence-electron chi connectivity index (χ2n) is 9.46. The minimum Gasteiger partial charge on any atom is -0.508 e. The first-order valence-electron chi connectivity index (χ1n) is 13.5. The van der Waals surface area contributed by atoms with Crippen LogP contribution in [0.3, 0.4) is 0 Å². The van der Waals surface area contributed by atoms with E-state index in [-0.39, 0.29) is 18.6 Å². The van der Waals surface area contributed by atoms with Crippen molar-refractivity contribution in [2.75, 3.05) is 33.9 Å². The van der Waals surface area contributed by atoms with Crippen LogP contribution >= 0.6 is 0 Å². The third kappa shape index (κ3) is 10.1. The van der Waals surface area contributed by atoms with Crippen molar-refractivity contribution in [2.45, 2.75) is 37.0 Å². The van der Waals surface area contributed by atoms with Crippen LogP contribution in [0.2, 0.25) is 1.41 Å². The molecule has 0 heterocycles. The number of hydrogen-bond acceptors (Lipinski definition) is 9. The molecule has 42 heavy (non-hydrogen) atoms. The quantitative estimate of drug-likeness (QED) is 0.101. The van der Waals surface area contributed by atoms with Gasteiger partial charge in [-0.15, -0.1) is 0 Å². The highest BCUT2D eigenvalue weighted by Gasteiger charge is 2.31. The van der Waals surface area contributed by atoms with Crippen molar-refractivity contribution in [1.82, 2.24) is 26.2 Å². The zero-order valence-electron chi connectivity index (χ0n) is 24.4. The van der Waals surface area contributed by atoms with Gasteiger partial charge >= 0.3 is 0 Å². The van der Waals surface area contributed by atoms with Gasteiger partial charge in [-0.1, -0.05) is 42.5 Å². The van der Waals surface area contributed by atoms with Crippen molar-refractivity contribution in [3.63, 3.8) is 0 Å². The molecule has 2 rings (SSSR count). The maximum atomic E-state index is 13.0. The molecule has 2 aromatic carbocycles. The van der Waals surface area contributed by atoms with E-state index in [1.165, 1.54) is 26.2 Å². The number of amides is 5. The highest BCUT2D eigenvalue weighted by atomic mass is 16.3. The van der Waals surface area contributed by atoms with Crippen LogP contribution in [0, 0.1) is 0 Å². The fourth-order valence-corrected chi connectivity index (χ4v) is 3.92. The van der Waals surface area contributed by atoms with Gasteiger partial charge in [-0.05, 0) is 36.7 Å². The van der Waals surface area contributed by atoms with Gasteiger partial charge in [0.2, 0.25) is 29.5 Å². The first kappa shape index (κ1) is 32.0. The lowest BCUT2D eigenvalue weighted by atomic mass is 10.0. The highest BCUT2D eigenvalue weighted by Crippen LogP contribution is 2.12. The van der Waals surface area contributed by atoms with E-state index in [9.17, 15) is 39.3 Å². The number of carbonyl (C=O) groups excluding carboxylic acids is 5. The molecule has 0 aliphatic rings. The molecule has 0 aliphatic carbocycles. The number of nitrogens with two attached hydrogens (primary N) is 1. The molecule has 2 aromatic rings. The summed E-state index contributed by atoms with van der Waals surface area (Å²) in [6, 6.07) is 9.74. The average Bonchev–Trinajstić information content (AvgIpc) is 2.99. The van der Waals surface area contributed by atoms with Crippen LogP contribution < -0.4 is 27.0 Å². The summed E-state index contributed by atoms with van der Waals surface area (Å²) in [5, 5.41) is 36.5. The zero-order chi connectivity index (χ0) is 32.1. The molecule has 0 aliphatic heterocycles. The Morgan fingerprint density at radius 2 is 1.40 bits per heavy atom. The molecule has 0 saturated carbocycles. The van der Waals surface area contributed by atoms with Gasteiger partial charge < -0.3 is 47.2 Å². The number of nitrogens with zero attached hydrogens (tertiary/aromatic N) is 1. The number of carbonyl (C=O) groups is 5. The van der Waals surface area contributed by atoms with Gasteiger partial charge in [-0.3, -0.25) is 24.0 Å². The number of likely N-dealkylation sites (N-methyl/N-ethyl adjacent to an activating group) is 2. The van der Waals surface area contributed by atoms with Crippen LogP contribution in [-0.2, 0) is 36.8 Å². The van der Waals surface area contributed by atoms with E-state index in [0.29, 0.717) is 11.1 Å². The minimum absolute atomic E-state index is 0.0354. The molecule has 0 radical (unpaired) electrons. The molecule has 0 unspecified atom stereocenters. The molecule has 0 fully saturated rings. The summed E-state index contributed by atoms with van der Waals surface area (Å²) in [6.45, 7) is -2.15. The summed E-state index contributed by atoms with van der Waals surface area (Å²) in [4.78, 5) is 64.3. The average molecular weight is 588 g/mol. The SMILES string of the molecule is [2H]N(C)[C@@H](Cc1ccc(O)cc1)C(=O)N[C@@H](CO)C(=O)NCC(=O)N(C)[C@@H](Cc1ccccc1)C(=O)N[C@H](CO)C(N)=O. The van der Waals surface area contributed by atoms with Crippen molar-refractivity contribution in [1.29, 1.82) is 0 Å². The van der Waals surface area contributed by atoms with Crippen molar-refractivity contribution < 1.29 is 40.7 Å². The lowest BCUT2D eigenvalue weighted by Crippen LogP contribution is -2.57. The number of phenolic OH excluding ortho intramolecular Hbond substituents is 1. The maximum Gasteiger partial charge on any atom is 0.245 e. The van der Waals surface area contributed by atoms with E-state index in [0.717, 1.165) is 10.2 Å². The van der Waals surface area contributed by atoms with E-state index < -0.39 is 73.5 Å². The molecule has 14 heteroatoms. The van der Waals surface area contributed by atoms with Crippen LogP contribution in [0.4, 0.5) is 0 Å². The molecule has 0 bridgehead atoms. The third-order valence-corrected chi connectivity index (χ3v) is 6.49. The largest absolute Gasteiger partial charge is 0.508 e. The summed E-state index contributed by atoms with van der Waals surface area (Å²) in [6.07, 6.45) is 0.116. The lowest BCUT2D eigenvalue weighted by molar-refractivity contribution is -0.140. The molecule has 9 N–H and O–H groups in total. The van der Waals surface area contributed by atoms with Gasteiger partial charge in [-0.25, -0.2) is 0 Å². The normalized spacial score (nSPS) is 14.1. The Labute approximate surface area is 244 Å². The van der Waals surface area contributed by atoms with Gasteiger partial charge in [0, 0.05) is 13.5 Å². The maximum absolute atomic E-state index is 13.0. The molecular weight excluding hydrogens is 548 g/mol. The van der Waals surface area contributed by atoms with E-state index >= 15 is 0 Å². The fraction of sp³-hybridized carbons (Fsp3) is 0.393. The van der Waals surface area contributed by atoms with Crippen LogP contribution in [0.1, 0.15) is 11.1 Å². The van der Waals surface area contributed by atoms with Crippen LogP contribution in [0.15, 0.2) is 54.6 Å². The molecular formula is C28H38N6O8. The Kier molecular flexibility index (Phi) is 12.7. The molecule has 14 nitrogen and oxygen atoms in total. The second kappa shape index (κ2) is 16.7. The predicted octanol–water partition coefficient (Wildman–Crippen LogP) is -2.85. The predicted molar refractivity (Wildman–Crippen MR) is 152 cm³/mol. The van der Waals surface area contributed by atoms with Crippen LogP contribution in [-0.4, -0.2) is 108 Å². The van der Waals surface area contributed by atoms with Gasteiger partial charge in [-0.2, -0.15) is 0 Å². The highest BCUT2D eigenvalue weighted by molar-refractivity contribution is 5.94. The second-order valence-corrected chi connectivity index (χ2v) is 9.46. The summed E-state index contributed by atoms with van der Waals surface area (Å²) in [7, 11) is 2.67. The Morgan fingerprint density at radius 1 is 0.833 bits per heavy atom. The Bertz CT molecular complexity index is 1250. The monoisotopic (exact) mass is 587 g/mol. The number of primary amides is 1. The van der Waals surface area contributed by atoms with E-state index in [2.05, 4.69) is 16.0 Å². The molecule has 0 saturated heterocycles. The smallest absolute Gasteiger partial charge is 0.245 e. The standard InChI is InChI=1S/C28H38N6O8/c1-30-20(12-18-8-10-19(37)11-9-18)27(41)33-22(16-36)26(40)31-14-24(38)34(2)23(13-17-6-4-3-5-7-17)28(42)32-21(15-35)25(29)39/h3-11,20-23,30,35-37H,12-16H2,1-2H3,(H2,29,39)(H,31,40)(H,32,42)(H,33,41)/t20-,21+,22-,23-/m0/s1/i/hD. The van der Waals surface area contributed by atoms with Crippen molar-refractivity contribution >= 4 is 29.5 Å². The molecule has 228 valence electrons. The van der Waals surface area contributed by atoms with Gasteiger partial charge in [0.15, 0.2) is 0 Å². The Morgan fingerprint density at radius 3 is 1.95 bits per heavy atom. The van der Waals surface area contributed by atoms with Crippen molar-refractivity contribution in [3.8, 4) is 5.75 Å². The van der Waals surface area contributed by atoms with Crippen LogP contribution in [0.5, 0.6) is 5.75 Å². The van der Waals surface area contributed by atoms with Crippen molar-refractivity contribution in [3.05, 3.63) is 65.7 Å². The first-order chi connectivity index (χ1) is 20.4. The fourth-order valence-electron chi connectivity index (χ4n) is 3.92. The van der Waals surface area contributed by atoms with E-state index in [4.69, 9.17) is 7.15 Å². The van der Waals surface area contributed by atoms with E-state index in [1.807, 2.05) is 0 Å². The Hall–Kier alpha value is -4.53. The lowest BCUT2D eigenvalue weighted by Gasteiger charge is -2.29. The topological polar surface area (TPSA) is 223 Å². The number of benzene rings is 2. The first-order valence-corrected chi connectivity index (χ1v) is 13.1. The summed E-state index contributed by atoms with van der Waals surface area (Å²) < 4.78 is 7.92. The van der Waals surface area contributed by atoms with Gasteiger partial charge in [0.25, 0.3) is 0 Å². The Balaban J connectivity index is 2.07. The van der Waals surface area contributed by atoms with Crippen molar-refractivity contribution in [2.24, 2.45) is 5.73 Å². The molecule has 0 spiro atoms. The number of phenols is 1. The van der Waals surface area contributed by atoms with E-state index in [1.54, 1.807) is 42.5 Å². The zero-order valence-corrected chi connectivity index (χ0v) is 23.4. The van der Waals surface area contributed by atoms with Gasteiger partial charge in [0.1, 0.15) is 25.3 Å². The summed E-state index contributed by atoms with van der Waals surface area (Å²) in [5.41, 5.74) is 6.54. The molecule has 5 amide bonds. The number of aliphatic hydroxyl groups excluding tert-OH is 2.